The fraction of sp³-hybridized carbons (Fsp3) is 0.333. The summed E-state index contributed by atoms with van der Waals surface area (Å²) in [5, 5.41) is 17.0. The summed E-state index contributed by atoms with van der Waals surface area (Å²) in [6, 6.07) is 11.8. The van der Waals surface area contributed by atoms with Crippen molar-refractivity contribution in [1.82, 2.24) is 5.01 Å². The van der Waals surface area contributed by atoms with Crippen LogP contribution in [0.3, 0.4) is 0 Å². The van der Waals surface area contributed by atoms with Gasteiger partial charge in [0.05, 0.1) is 31.4 Å². The summed E-state index contributed by atoms with van der Waals surface area (Å²) in [5.41, 5.74) is 2.28. The molecule has 8 nitrogen and oxygen atoms in total. The maximum absolute atomic E-state index is 12.6. The summed E-state index contributed by atoms with van der Waals surface area (Å²) in [5.74, 6) is 1.09. The lowest BCUT2D eigenvalue weighted by molar-refractivity contribution is -0.384. The van der Waals surface area contributed by atoms with Crippen LogP contribution in [0.1, 0.15) is 30.9 Å². The van der Waals surface area contributed by atoms with E-state index in [-0.39, 0.29) is 24.1 Å². The number of hydrogen-bond acceptors (Lipinski definition) is 6. The van der Waals surface area contributed by atoms with Gasteiger partial charge < -0.3 is 9.47 Å². The number of carbonyl (C=O) groups is 1. The molecular weight excluding hydrogens is 374 g/mol. The zero-order valence-electron chi connectivity index (χ0n) is 16.6. The Morgan fingerprint density at radius 3 is 2.59 bits per heavy atom. The second-order valence-electron chi connectivity index (χ2n) is 6.74. The molecule has 0 aromatic heterocycles. The van der Waals surface area contributed by atoms with Gasteiger partial charge in [-0.2, -0.15) is 5.10 Å². The van der Waals surface area contributed by atoms with Crippen molar-refractivity contribution < 1.29 is 19.2 Å². The van der Waals surface area contributed by atoms with E-state index in [1.807, 2.05) is 25.1 Å². The van der Waals surface area contributed by atoms with E-state index in [0.29, 0.717) is 23.5 Å². The van der Waals surface area contributed by atoms with Gasteiger partial charge in [-0.15, -0.1) is 0 Å². The Morgan fingerprint density at radius 2 is 1.93 bits per heavy atom. The molecule has 29 heavy (non-hydrogen) atoms. The normalized spacial score (nSPS) is 16.4. The molecule has 0 aliphatic carbocycles. The Balaban J connectivity index is 1.96. The molecule has 0 radical (unpaired) electrons. The molecule has 0 spiro atoms. The van der Waals surface area contributed by atoms with Crippen molar-refractivity contribution in [3.8, 4) is 11.5 Å². The Morgan fingerprint density at radius 1 is 1.17 bits per heavy atom. The first-order valence-electron chi connectivity index (χ1n) is 9.31. The average Bonchev–Trinajstić information content (AvgIpc) is 2.74. The molecule has 0 bridgehead atoms. The van der Waals surface area contributed by atoms with E-state index in [1.54, 1.807) is 26.4 Å². The molecule has 1 heterocycles. The predicted molar refractivity (Wildman–Crippen MR) is 108 cm³/mol. The Kier molecular flexibility index (Phi) is 6.11. The molecule has 8 heteroatoms. The predicted octanol–water partition coefficient (Wildman–Crippen LogP) is 3.77. The lowest BCUT2D eigenvalue weighted by atomic mass is 9.89. The number of non-ortho nitro benzene ring substituents is 1. The highest BCUT2D eigenvalue weighted by Gasteiger charge is 2.30. The first-order chi connectivity index (χ1) is 14.0. The molecule has 1 aliphatic heterocycles. The first kappa shape index (κ1) is 20.3. The zero-order chi connectivity index (χ0) is 21.0. The summed E-state index contributed by atoms with van der Waals surface area (Å²) in [7, 11) is 3.14. The second-order valence-corrected chi connectivity index (χ2v) is 6.74. The standard InChI is InChI=1S/C21H23N3O5/c1-4-15-12-20(25)23(13-14-6-5-7-17(10-14)24(26)27)22-21(15)16-8-9-18(28-2)19(11-16)29-3/h5-11,15H,4,12-13H2,1-3H3. The third-order valence-electron chi connectivity index (χ3n) is 4.95. The van der Waals surface area contributed by atoms with Gasteiger partial charge in [-0.1, -0.05) is 19.1 Å². The molecule has 0 N–H and O–H groups in total. The smallest absolute Gasteiger partial charge is 0.269 e. The maximum Gasteiger partial charge on any atom is 0.269 e. The van der Waals surface area contributed by atoms with Gasteiger partial charge in [0.25, 0.3) is 5.69 Å². The van der Waals surface area contributed by atoms with E-state index in [1.165, 1.54) is 17.1 Å². The molecule has 3 rings (SSSR count). The van der Waals surface area contributed by atoms with E-state index < -0.39 is 4.92 Å². The summed E-state index contributed by atoms with van der Waals surface area (Å²) < 4.78 is 10.7. The van der Waals surface area contributed by atoms with Crippen molar-refractivity contribution in [3.63, 3.8) is 0 Å². The number of carbonyl (C=O) groups excluding carboxylic acids is 1. The van der Waals surface area contributed by atoms with Crippen molar-refractivity contribution >= 4 is 17.3 Å². The second kappa shape index (κ2) is 8.72. The summed E-state index contributed by atoms with van der Waals surface area (Å²) in [6.07, 6.45) is 1.10. The number of nitrogens with zero attached hydrogens (tertiary/aromatic N) is 3. The third kappa shape index (κ3) is 4.37. The van der Waals surface area contributed by atoms with Crippen LogP contribution in [0.25, 0.3) is 0 Å². The lowest BCUT2D eigenvalue weighted by Crippen LogP contribution is -2.36. The van der Waals surface area contributed by atoms with Crippen LogP contribution in [0.2, 0.25) is 0 Å². The highest BCUT2D eigenvalue weighted by Crippen LogP contribution is 2.31. The molecule has 1 atom stereocenters. The third-order valence-corrected chi connectivity index (χ3v) is 4.95. The number of benzene rings is 2. The van der Waals surface area contributed by atoms with Gasteiger partial charge in [-0.3, -0.25) is 14.9 Å². The molecular formula is C21H23N3O5. The van der Waals surface area contributed by atoms with Crippen LogP contribution in [0, 0.1) is 16.0 Å². The monoisotopic (exact) mass is 397 g/mol. The van der Waals surface area contributed by atoms with E-state index >= 15 is 0 Å². The molecule has 0 saturated heterocycles. The Labute approximate surface area is 168 Å². The van der Waals surface area contributed by atoms with Gasteiger partial charge in [-0.25, -0.2) is 5.01 Å². The Hall–Kier alpha value is -3.42. The van der Waals surface area contributed by atoms with Gasteiger partial charge in [0.1, 0.15) is 0 Å². The summed E-state index contributed by atoms with van der Waals surface area (Å²) in [4.78, 5) is 23.2. The van der Waals surface area contributed by atoms with Gasteiger partial charge >= 0.3 is 0 Å². The number of methoxy groups -OCH3 is 2. The summed E-state index contributed by atoms with van der Waals surface area (Å²) in [6.45, 7) is 2.19. The van der Waals surface area contributed by atoms with Gasteiger partial charge in [0.15, 0.2) is 11.5 Å². The van der Waals surface area contributed by atoms with Crippen LogP contribution in [-0.2, 0) is 11.3 Å². The average molecular weight is 397 g/mol. The number of nitro benzene ring substituents is 1. The van der Waals surface area contributed by atoms with E-state index in [4.69, 9.17) is 9.47 Å². The van der Waals surface area contributed by atoms with Crippen LogP contribution in [0.15, 0.2) is 47.6 Å². The number of ether oxygens (including phenoxy) is 2. The summed E-state index contributed by atoms with van der Waals surface area (Å²) >= 11 is 0. The molecule has 152 valence electrons. The van der Waals surface area contributed by atoms with Crippen molar-refractivity contribution in [2.45, 2.75) is 26.3 Å². The van der Waals surface area contributed by atoms with Crippen LogP contribution < -0.4 is 9.47 Å². The first-order valence-corrected chi connectivity index (χ1v) is 9.31. The highest BCUT2D eigenvalue weighted by atomic mass is 16.6. The van der Waals surface area contributed by atoms with Crippen molar-refractivity contribution in [3.05, 3.63) is 63.7 Å². The topological polar surface area (TPSA) is 94.3 Å². The highest BCUT2D eigenvalue weighted by molar-refractivity contribution is 6.06. The lowest BCUT2D eigenvalue weighted by Gasteiger charge is -2.29. The van der Waals surface area contributed by atoms with Gasteiger partial charge in [0.2, 0.25) is 5.91 Å². The Bertz CT molecular complexity index is 957. The molecule has 0 saturated carbocycles. The van der Waals surface area contributed by atoms with Crippen LogP contribution >= 0.6 is 0 Å². The fourth-order valence-electron chi connectivity index (χ4n) is 3.37. The number of nitro groups is 1. The minimum Gasteiger partial charge on any atom is -0.493 e. The molecule has 1 amide bonds. The van der Waals surface area contributed by atoms with Crippen LogP contribution in [0.4, 0.5) is 5.69 Å². The minimum atomic E-state index is -0.451. The van der Waals surface area contributed by atoms with Gasteiger partial charge in [-0.05, 0) is 30.2 Å². The number of rotatable bonds is 7. The molecule has 1 aliphatic rings. The number of amides is 1. The van der Waals surface area contributed by atoms with Crippen LogP contribution in [-0.4, -0.2) is 35.8 Å². The molecule has 2 aromatic carbocycles. The van der Waals surface area contributed by atoms with Crippen molar-refractivity contribution in [2.75, 3.05) is 14.2 Å². The molecule has 0 fully saturated rings. The quantitative estimate of drug-likeness (QED) is 0.523. The van der Waals surface area contributed by atoms with Crippen molar-refractivity contribution in [1.29, 1.82) is 0 Å². The molecule has 2 aromatic rings. The largest absolute Gasteiger partial charge is 0.493 e. The molecule has 1 unspecified atom stereocenters. The van der Waals surface area contributed by atoms with Crippen molar-refractivity contribution in [2.24, 2.45) is 11.0 Å². The number of hydrogen-bond donors (Lipinski definition) is 0. The van der Waals surface area contributed by atoms with E-state index in [9.17, 15) is 14.9 Å². The van der Waals surface area contributed by atoms with E-state index in [0.717, 1.165) is 17.7 Å². The van der Waals surface area contributed by atoms with E-state index in [2.05, 4.69) is 5.10 Å². The SMILES string of the molecule is CCC1CC(=O)N(Cc2cccc([N+](=O)[O-])c2)N=C1c1ccc(OC)c(OC)c1. The maximum atomic E-state index is 12.6. The van der Waals surface area contributed by atoms with Gasteiger partial charge in [0, 0.05) is 30.0 Å². The fourth-order valence-corrected chi connectivity index (χ4v) is 3.37. The zero-order valence-corrected chi connectivity index (χ0v) is 16.6. The van der Waals surface area contributed by atoms with Crippen LogP contribution in [0.5, 0.6) is 11.5 Å². The minimum absolute atomic E-state index is 0.0116. The number of hydrazone groups is 1.